The minimum Gasteiger partial charge on any atom is -0.381 e. The second kappa shape index (κ2) is 6.27. The van der Waals surface area contributed by atoms with Gasteiger partial charge in [0.2, 0.25) is 0 Å². The summed E-state index contributed by atoms with van der Waals surface area (Å²) in [5, 5.41) is 2.42. The van der Waals surface area contributed by atoms with E-state index in [2.05, 4.69) is 42.2 Å². The Labute approximate surface area is 125 Å². The van der Waals surface area contributed by atoms with Gasteiger partial charge in [0.15, 0.2) is 5.78 Å². The first-order valence-electron chi connectivity index (χ1n) is 7.62. The van der Waals surface area contributed by atoms with E-state index in [0.717, 1.165) is 25.3 Å². The molecule has 1 fully saturated rings. The van der Waals surface area contributed by atoms with E-state index in [4.69, 9.17) is 4.74 Å². The van der Waals surface area contributed by atoms with Gasteiger partial charge in [-0.3, -0.25) is 4.79 Å². The lowest BCUT2D eigenvalue weighted by Crippen LogP contribution is -2.33. The molecule has 0 aliphatic carbocycles. The van der Waals surface area contributed by atoms with Gasteiger partial charge in [0.25, 0.3) is 0 Å². The van der Waals surface area contributed by atoms with Gasteiger partial charge in [-0.15, -0.1) is 0 Å². The Balaban J connectivity index is 1.86. The summed E-state index contributed by atoms with van der Waals surface area (Å²) in [6, 6.07) is 14.6. The summed E-state index contributed by atoms with van der Waals surface area (Å²) in [5.41, 5.74) is 1.14. The fraction of sp³-hybridized carbons (Fsp3) is 0.389. The average Bonchev–Trinajstić information content (AvgIpc) is 3.06. The Bertz CT molecular complexity index is 627. The average molecular weight is 283 g/mol. The first kappa shape index (κ1) is 14.1. The van der Waals surface area contributed by atoms with Crippen LogP contribution < -0.4 is 4.90 Å². The lowest BCUT2D eigenvalue weighted by atomic mass is 10.0. The number of anilines is 1. The quantitative estimate of drug-likeness (QED) is 0.843. The van der Waals surface area contributed by atoms with Gasteiger partial charge in [-0.25, -0.2) is 0 Å². The summed E-state index contributed by atoms with van der Waals surface area (Å²) in [4.78, 5) is 14.6. The monoisotopic (exact) mass is 283 g/mol. The molecule has 3 heteroatoms. The third-order valence-electron chi connectivity index (χ3n) is 4.22. The highest BCUT2D eigenvalue weighted by molar-refractivity contribution is 5.96. The molecule has 2 aromatic carbocycles. The van der Waals surface area contributed by atoms with Crippen molar-refractivity contribution in [3.63, 3.8) is 0 Å². The van der Waals surface area contributed by atoms with Crippen molar-refractivity contribution in [1.82, 2.24) is 0 Å². The second-order valence-electron chi connectivity index (χ2n) is 5.54. The standard InChI is InChI=1S/C18H21NO2/c1-2-19(12-18(20)15-10-11-21-13-15)17-9-5-7-14-6-3-4-8-16(14)17/h3-9,15H,2,10-13H2,1H3. The Morgan fingerprint density at radius 2 is 2.05 bits per heavy atom. The number of nitrogens with zero attached hydrogens (tertiary/aromatic N) is 1. The number of hydrogen-bond donors (Lipinski definition) is 0. The van der Waals surface area contributed by atoms with Crippen LogP contribution in [0, 0.1) is 5.92 Å². The highest BCUT2D eigenvalue weighted by atomic mass is 16.5. The van der Waals surface area contributed by atoms with Gasteiger partial charge in [-0.05, 0) is 24.8 Å². The van der Waals surface area contributed by atoms with Crippen molar-refractivity contribution in [2.75, 3.05) is 31.2 Å². The molecule has 1 aliphatic rings. The largest absolute Gasteiger partial charge is 0.381 e. The van der Waals surface area contributed by atoms with Gasteiger partial charge < -0.3 is 9.64 Å². The molecule has 1 unspecified atom stereocenters. The van der Waals surface area contributed by atoms with E-state index < -0.39 is 0 Å². The van der Waals surface area contributed by atoms with Crippen LogP contribution in [0.15, 0.2) is 42.5 Å². The first-order valence-corrected chi connectivity index (χ1v) is 7.62. The molecule has 21 heavy (non-hydrogen) atoms. The fourth-order valence-electron chi connectivity index (χ4n) is 2.96. The van der Waals surface area contributed by atoms with Crippen molar-refractivity contribution in [2.24, 2.45) is 5.92 Å². The molecule has 0 spiro atoms. The summed E-state index contributed by atoms with van der Waals surface area (Å²) in [5.74, 6) is 0.372. The number of rotatable bonds is 5. The van der Waals surface area contributed by atoms with Crippen molar-refractivity contribution < 1.29 is 9.53 Å². The molecular formula is C18H21NO2. The maximum absolute atomic E-state index is 12.4. The molecular weight excluding hydrogens is 262 g/mol. The number of carbonyl (C=O) groups is 1. The van der Waals surface area contributed by atoms with Gasteiger partial charge in [0, 0.05) is 30.1 Å². The molecule has 1 heterocycles. The van der Waals surface area contributed by atoms with E-state index in [0.29, 0.717) is 18.9 Å². The van der Waals surface area contributed by atoms with Gasteiger partial charge in [-0.2, -0.15) is 0 Å². The lowest BCUT2D eigenvalue weighted by molar-refractivity contribution is -0.121. The van der Waals surface area contributed by atoms with Crippen molar-refractivity contribution in [3.05, 3.63) is 42.5 Å². The molecule has 1 aliphatic heterocycles. The molecule has 110 valence electrons. The van der Waals surface area contributed by atoms with E-state index in [1.165, 1.54) is 10.8 Å². The highest BCUT2D eigenvalue weighted by Gasteiger charge is 2.25. The van der Waals surface area contributed by atoms with Crippen LogP contribution in [0.3, 0.4) is 0 Å². The molecule has 3 nitrogen and oxygen atoms in total. The van der Waals surface area contributed by atoms with E-state index in [-0.39, 0.29) is 5.92 Å². The van der Waals surface area contributed by atoms with Crippen LogP contribution in [-0.4, -0.2) is 32.1 Å². The number of likely N-dealkylation sites (N-methyl/N-ethyl adjacent to an activating group) is 1. The zero-order chi connectivity index (χ0) is 14.7. The fourth-order valence-corrected chi connectivity index (χ4v) is 2.96. The van der Waals surface area contributed by atoms with Crippen LogP contribution in [0.2, 0.25) is 0 Å². The van der Waals surface area contributed by atoms with E-state index in [1.54, 1.807) is 0 Å². The Morgan fingerprint density at radius 3 is 2.81 bits per heavy atom. The van der Waals surface area contributed by atoms with Crippen LogP contribution in [0.1, 0.15) is 13.3 Å². The number of benzene rings is 2. The predicted octanol–water partition coefficient (Wildman–Crippen LogP) is 3.27. The highest BCUT2D eigenvalue weighted by Crippen LogP contribution is 2.27. The molecule has 0 radical (unpaired) electrons. The van der Waals surface area contributed by atoms with Crippen LogP contribution in [0.4, 0.5) is 5.69 Å². The molecule has 0 bridgehead atoms. The number of Topliss-reactive ketones (excluding diaryl/α,β-unsaturated/α-hetero) is 1. The zero-order valence-corrected chi connectivity index (χ0v) is 12.4. The SMILES string of the molecule is CCN(CC(=O)C1CCOC1)c1cccc2ccccc12. The number of ketones is 1. The number of ether oxygens (including phenoxy) is 1. The summed E-state index contributed by atoms with van der Waals surface area (Å²) in [7, 11) is 0. The number of fused-ring (bicyclic) bond motifs is 1. The van der Waals surface area contributed by atoms with Gasteiger partial charge >= 0.3 is 0 Å². The molecule has 0 N–H and O–H groups in total. The molecule has 1 saturated heterocycles. The van der Waals surface area contributed by atoms with Crippen molar-refractivity contribution >= 4 is 22.2 Å². The van der Waals surface area contributed by atoms with Crippen LogP contribution >= 0.6 is 0 Å². The van der Waals surface area contributed by atoms with Gasteiger partial charge in [0.1, 0.15) is 0 Å². The van der Waals surface area contributed by atoms with Crippen LogP contribution in [-0.2, 0) is 9.53 Å². The normalized spacial score (nSPS) is 18.0. The summed E-state index contributed by atoms with van der Waals surface area (Å²) >= 11 is 0. The molecule has 2 aromatic rings. The summed E-state index contributed by atoms with van der Waals surface area (Å²) < 4.78 is 5.33. The third kappa shape index (κ3) is 2.93. The van der Waals surface area contributed by atoms with Gasteiger partial charge in [0.05, 0.1) is 13.2 Å². The van der Waals surface area contributed by atoms with E-state index in [1.807, 2.05) is 12.1 Å². The Hall–Kier alpha value is -1.87. The van der Waals surface area contributed by atoms with Gasteiger partial charge in [-0.1, -0.05) is 36.4 Å². The maximum atomic E-state index is 12.4. The van der Waals surface area contributed by atoms with Crippen LogP contribution in [0.25, 0.3) is 10.8 Å². The Morgan fingerprint density at radius 1 is 1.24 bits per heavy atom. The third-order valence-corrected chi connectivity index (χ3v) is 4.22. The van der Waals surface area contributed by atoms with Crippen molar-refractivity contribution in [2.45, 2.75) is 13.3 Å². The van der Waals surface area contributed by atoms with Crippen LogP contribution in [0.5, 0.6) is 0 Å². The molecule has 1 atom stereocenters. The minimum absolute atomic E-state index is 0.0778. The number of hydrogen-bond acceptors (Lipinski definition) is 3. The molecule has 0 saturated carbocycles. The molecule has 0 amide bonds. The van der Waals surface area contributed by atoms with Crippen molar-refractivity contribution in [3.8, 4) is 0 Å². The summed E-state index contributed by atoms with van der Waals surface area (Å²) in [6.45, 7) is 4.70. The minimum atomic E-state index is 0.0778. The zero-order valence-electron chi connectivity index (χ0n) is 12.4. The first-order chi connectivity index (χ1) is 10.3. The lowest BCUT2D eigenvalue weighted by Gasteiger charge is -2.25. The topological polar surface area (TPSA) is 29.5 Å². The number of carbonyl (C=O) groups excluding carboxylic acids is 1. The van der Waals surface area contributed by atoms with E-state index >= 15 is 0 Å². The van der Waals surface area contributed by atoms with Crippen molar-refractivity contribution in [1.29, 1.82) is 0 Å². The predicted molar refractivity (Wildman–Crippen MR) is 85.8 cm³/mol. The maximum Gasteiger partial charge on any atom is 0.157 e. The Kier molecular flexibility index (Phi) is 4.20. The molecule has 0 aromatic heterocycles. The second-order valence-corrected chi connectivity index (χ2v) is 5.54. The smallest absolute Gasteiger partial charge is 0.157 e. The molecule has 3 rings (SSSR count). The summed E-state index contributed by atoms with van der Waals surface area (Å²) in [6.07, 6.45) is 0.867. The van der Waals surface area contributed by atoms with E-state index in [9.17, 15) is 4.79 Å².